The van der Waals surface area contributed by atoms with Crippen LogP contribution in [0.25, 0.3) is 0 Å². The highest BCUT2D eigenvalue weighted by Crippen LogP contribution is 2.30. The van der Waals surface area contributed by atoms with Crippen molar-refractivity contribution in [3.8, 4) is 0 Å². The van der Waals surface area contributed by atoms with E-state index in [2.05, 4.69) is 5.10 Å². The summed E-state index contributed by atoms with van der Waals surface area (Å²) in [5.74, 6) is -0.798. The third-order valence-corrected chi connectivity index (χ3v) is 4.95. The molecule has 1 aliphatic rings. The van der Waals surface area contributed by atoms with Crippen LogP contribution in [0.15, 0.2) is 36.5 Å². The number of anilines is 1. The molecule has 0 bridgehead atoms. The molecule has 2 heterocycles. The minimum absolute atomic E-state index is 0.190. The fourth-order valence-corrected chi connectivity index (χ4v) is 3.43. The molecule has 1 atom stereocenters. The van der Waals surface area contributed by atoms with Crippen LogP contribution in [0.1, 0.15) is 48.0 Å². The predicted molar refractivity (Wildman–Crippen MR) is 107 cm³/mol. The van der Waals surface area contributed by atoms with Crippen molar-refractivity contribution in [2.45, 2.75) is 38.5 Å². The molecule has 1 saturated heterocycles. The lowest BCUT2D eigenvalue weighted by Crippen LogP contribution is -2.29. The Balaban J connectivity index is 1.95. The van der Waals surface area contributed by atoms with Crippen LogP contribution in [-0.4, -0.2) is 49.1 Å². The molecule has 8 heteroatoms. The minimum atomic E-state index is -0.484. The second-order valence-electron chi connectivity index (χ2n) is 6.87. The molecule has 29 heavy (non-hydrogen) atoms. The van der Waals surface area contributed by atoms with Crippen molar-refractivity contribution in [1.82, 2.24) is 9.78 Å². The van der Waals surface area contributed by atoms with Gasteiger partial charge in [-0.25, -0.2) is 9.48 Å². The molecular weight excluding hydrogens is 374 g/mol. The van der Waals surface area contributed by atoms with E-state index < -0.39 is 5.97 Å². The van der Waals surface area contributed by atoms with Crippen LogP contribution >= 0.6 is 0 Å². The standard InChI is InChI=1S/C21H27N3O5/c1-27-19(25)11-12-23(15-16-8-4-3-5-9-16)17-14-22-24(20(17)21(26)28-2)18-10-6-7-13-29-18/h3-5,8-9,14,18H,6-7,10-13,15H2,1-2H3. The number of methoxy groups -OCH3 is 2. The minimum Gasteiger partial charge on any atom is -0.469 e. The summed E-state index contributed by atoms with van der Waals surface area (Å²) in [7, 11) is 2.71. The van der Waals surface area contributed by atoms with Crippen molar-refractivity contribution in [2.75, 3.05) is 32.3 Å². The molecule has 156 valence electrons. The van der Waals surface area contributed by atoms with Gasteiger partial charge in [0.25, 0.3) is 0 Å². The number of hydrogen-bond acceptors (Lipinski definition) is 7. The van der Waals surface area contributed by atoms with Gasteiger partial charge >= 0.3 is 11.9 Å². The van der Waals surface area contributed by atoms with E-state index in [0.717, 1.165) is 24.8 Å². The average Bonchev–Trinajstić information content (AvgIpc) is 3.22. The predicted octanol–water partition coefficient (Wildman–Crippen LogP) is 2.94. The molecule has 0 amide bonds. The van der Waals surface area contributed by atoms with Crippen molar-refractivity contribution < 1.29 is 23.8 Å². The molecule has 1 fully saturated rings. The molecule has 0 radical (unpaired) electrons. The van der Waals surface area contributed by atoms with Gasteiger partial charge in [-0.3, -0.25) is 4.79 Å². The molecule has 0 spiro atoms. The van der Waals surface area contributed by atoms with Crippen LogP contribution in [0.3, 0.4) is 0 Å². The van der Waals surface area contributed by atoms with Crippen LogP contribution in [0.5, 0.6) is 0 Å². The lowest BCUT2D eigenvalue weighted by molar-refractivity contribution is -0.140. The van der Waals surface area contributed by atoms with Gasteiger partial charge in [0.05, 0.1) is 32.5 Å². The fraction of sp³-hybridized carbons (Fsp3) is 0.476. The Morgan fingerprint density at radius 1 is 1.21 bits per heavy atom. The van der Waals surface area contributed by atoms with E-state index in [0.29, 0.717) is 31.1 Å². The van der Waals surface area contributed by atoms with Crippen molar-refractivity contribution in [3.63, 3.8) is 0 Å². The number of ether oxygens (including phenoxy) is 3. The lowest BCUT2D eigenvalue weighted by Gasteiger charge is -2.26. The van der Waals surface area contributed by atoms with Crippen molar-refractivity contribution in [1.29, 1.82) is 0 Å². The second kappa shape index (κ2) is 10.1. The van der Waals surface area contributed by atoms with E-state index >= 15 is 0 Å². The molecule has 1 aromatic heterocycles. The number of aromatic nitrogens is 2. The van der Waals surface area contributed by atoms with Gasteiger partial charge in [0.1, 0.15) is 0 Å². The SMILES string of the molecule is COC(=O)CCN(Cc1ccccc1)c1cnn(C2CCCCO2)c1C(=O)OC. The molecule has 2 aromatic rings. The van der Waals surface area contributed by atoms with E-state index in [1.807, 2.05) is 35.2 Å². The number of carbonyl (C=O) groups excluding carboxylic acids is 2. The van der Waals surface area contributed by atoms with E-state index in [1.165, 1.54) is 14.2 Å². The Hall–Kier alpha value is -2.87. The van der Waals surface area contributed by atoms with Crippen LogP contribution in [0, 0.1) is 0 Å². The third kappa shape index (κ3) is 5.14. The first-order valence-corrected chi connectivity index (χ1v) is 9.77. The second-order valence-corrected chi connectivity index (χ2v) is 6.87. The van der Waals surface area contributed by atoms with Gasteiger partial charge < -0.3 is 19.1 Å². The monoisotopic (exact) mass is 401 g/mol. The van der Waals surface area contributed by atoms with E-state index in [1.54, 1.807) is 10.9 Å². The number of nitrogens with zero attached hydrogens (tertiary/aromatic N) is 3. The molecule has 1 unspecified atom stereocenters. The summed E-state index contributed by atoms with van der Waals surface area (Å²) in [6.45, 7) is 1.53. The number of rotatable bonds is 8. The molecular formula is C21H27N3O5. The van der Waals surface area contributed by atoms with E-state index in [9.17, 15) is 9.59 Å². The highest BCUT2D eigenvalue weighted by atomic mass is 16.5. The third-order valence-electron chi connectivity index (χ3n) is 4.95. The van der Waals surface area contributed by atoms with Gasteiger partial charge in [-0.2, -0.15) is 5.10 Å². The lowest BCUT2D eigenvalue weighted by atomic mass is 10.1. The fourth-order valence-electron chi connectivity index (χ4n) is 3.43. The maximum absolute atomic E-state index is 12.7. The van der Waals surface area contributed by atoms with Crippen LogP contribution < -0.4 is 4.90 Å². The Bertz CT molecular complexity index is 815. The largest absolute Gasteiger partial charge is 0.469 e. The van der Waals surface area contributed by atoms with Crippen molar-refractivity contribution >= 4 is 17.6 Å². The van der Waals surface area contributed by atoms with Gasteiger partial charge in [-0.05, 0) is 24.8 Å². The number of hydrogen-bond donors (Lipinski definition) is 0. The van der Waals surface area contributed by atoms with E-state index in [4.69, 9.17) is 14.2 Å². The Kier molecular flexibility index (Phi) is 7.24. The normalized spacial score (nSPS) is 16.3. The Labute approximate surface area is 170 Å². The first kappa shape index (κ1) is 20.9. The first-order chi connectivity index (χ1) is 14.1. The summed E-state index contributed by atoms with van der Waals surface area (Å²) >= 11 is 0. The van der Waals surface area contributed by atoms with Crippen LogP contribution in [-0.2, 0) is 25.5 Å². The number of esters is 2. The van der Waals surface area contributed by atoms with E-state index in [-0.39, 0.29) is 18.6 Å². The number of carbonyl (C=O) groups is 2. The summed E-state index contributed by atoms with van der Waals surface area (Å²) < 4.78 is 17.3. The molecule has 0 aliphatic carbocycles. The summed E-state index contributed by atoms with van der Waals surface area (Å²) in [4.78, 5) is 26.3. The Morgan fingerprint density at radius 2 is 2.00 bits per heavy atom. The zero-order valence-corrected chi connectivity index (χ0v) is 16.9. The quantitative estimate of drug-likeness (QED) is 0.629. The maximum atomic E-state index is 12.7. The van der Waals surface area contributed by atoms with Crippen LogP contribution in [0.2, 0.25) is 0 Å². The first-order valence-electron chi connectivity index (χ1n) is 9.77. The summed E-state index contributed by atoms with van der Waals surface area (Å²) in [5.41, 5.74) is 1.99. The molecule has 8 nitrogen and oxygen atoms in total. The molecule has 1 aliphatic heterocycles. The maximum Gasteiger partial charge on any atom is 0.358 e. The zero-order valence-electron chi connectivity index (χ0n) is 16.9. The average molecular weight is 401 g/mol. The summed E-state index contributed by atoms with van der Waals surface area (Å²) in [6.07, 6.45) is 4.32. The highest BCUT2D eigenvalue weighted by Gasteiger charge is 2.29. The molecule has 0 N–H and O–H groups in total. The van der Waals surface area contributed by atoms with Crippen molar-refractivity contribution in [2.24, 2.45) is 0 Å². The number of benzene rings is 1. The molecule has 0 saturated carbocycles. The summed E-state index contributed by atoms with van der Waals surface area (Å²) in [5, 5.41) is 4.45. The Morgan fingerprint density at radius 3 is 2.66 bits per heavy atom. The van der Waals surface area contributed by atoms with Gasteiger partial charge in [0, 0.05) is 19.7 Å². The van der Waals surface area contributed by atoms with Gasteiger partial charge in [-0.15, -0.1) is 0 Å². The van der Waals surface area contributed by atoms with Gasteiger partial charge in [0.15, 0.2) is 11.9 Å². The van der Waals surface area contributed by atoms with Crippen molar-refractivity contribution in [3.05, 3.63) is 47.8 Å². The van der Waals surface area contributed by atoms with Crippen LogP contribution in [0.4, 0.5) is 5.69 Å². The zero-order chi connectivity index (χ0) is 20.6. The topological polar surface area (TPSA) is 82.9 Å². The summed E-state index contributed by atoms with van der Waals surface area (Å²) in [6, 6.07) is 9.85. The smallest absolute Gasteiger partial charge is 0.358 e. The van der Waals surface area contributed by atoms with Gasteiger partial charge in [-0.1, -0.05) is 30.3 Å². The molecule has 1 aromatic carbocycles. The highest BCUT2D eigenvalue weighted by molar-refractivity contribution is 5.94. The van der Waals surface area contributed by atoms with Gasteiger partial charge in [0.2, 0.25) is 0 Å². The molecule has 3 rings (SSSR count).